The number of nitroso groups, excluding NO2 is 1. The summed E-state index contributed by atoms with van der Waals surface area (Å²) in [6.45, 7) is 0.423. The largest absolute Gasteiger partial charge is 0.396 e. The molecule has 0 unspecified atom stereocenters. The van der Waals surface area contributed by atoms with Gasteiger partial charge in [0.25, 0.3) is 0 Å². The molecule has 1 aromatic carbocycles. The molecule has 74 valence electrons. The first-order valence-corrected chi connectivity index (χ1v) is 4.79. The SMILES string of the molecule is O=NC[C@@]1(c2ccccc2)C[C@H]1CO. The third kappa shape index (κ3) is 1.34. The molecule has 1 aliphatic rings. The first-order chi connectivity index (χ1) is 6.83. The quantitative estimate of drug-likeness (QED) is 0.736. The van der Waals surface area contributed by atoms with Crippen LogP contribution in [0.1, 0.15) is 12.0 Å². The van der Waals surface area contributed by atoms with Crippen LogP contribution in [-0.4, -0.2) is 18.3 Å². The fraction of sp³-hybridized carbons (Fsp3) is 0.455. The van der Waals surface area contributed by atoms with Crippen molar-refractivity contribution in [2.24, 2.45) is 11.1 Å². The summed E-state index contributed by atoms with van der Waals surface area (Å²) in [5.74, 6) is 0.211. The molecule has 1 fully saturated rings. The maximum absolute atomic E-state index is 10.4. The molecule has 0 radical (unpaired) electrons. The highest BCUT2D eigenvalue weighted by atomic mass is 16.3. The molecule has 14 heavy (non-hydrogen) atoms. The predicted molar refractivity (Wildman–Crippen MR) is 54.0 cm³/mol. The van der Waals surface area contributed by atoms with Gasteiger partial charge in [-0.15, -0.1) is 0 Å². The van der Waals surface area contributed by atoms with Gasteiger partial charge in [0.05, 0.1) is 6.54 Å². The standard InChI is InChI=1S/C11H13NO2/c13-7-10-6-11(10,8-12-14)9-4-2-1-3-5-9/h1-5,10,13H,6-8H2/t10-,11+/m0/s1. The van der Waals surface area contributed by atoms with Crippen LogP contribution < -0.4 is 0 Å². The minimum Gasteiger partial charge on any atom is -0.396 e. The summed E-state index contributed by atoms with van der Waals surface area (Å²) in [5, 5.41) is 12.1. The van der Waals surface area contributed by atoms with Crippen LogP contribution in [0.4, 0.5) is 0 Å². The normalized spacial score (nSPS) is 29.9. The summed E-state index contributed by atoms with van der Waals surface area (Å²) < 4.78 is 0. The van der Waals surface area contributed by atoms with E-state index in [0.717, 1.165) is 12.0 Å². The van der Waals surface area contributed by atoms with E-state index in [1.165, 1.54) is 0 Å². The van der Waals surface area contributed by atoms with Crippen LogP contribution in [0.15, 0.2) is 35.5 Å². The minimum atomic E-state index is -0.169. The smallest absolute Gasteiger partial charge is 0.0911 e. The number of aliphatic hydroxyl groups is 1. The zero-order valence-corrected chi connectivity index (χ0v) is 7.89. The molecular formula is C11H13NO2. The molecule has 3 nitrogen and oxygen atoms in total. The number of hydrogen-bond acceptors (Lipinski definition) is 3. The van der Waals surface area contributed by atoms with Crippen LogP contribution in [0.25, 0.3) is 0 Å². The van der Waals surface area contributed by atoms with E-state index in [4.69, 9.17) is 5.11 Å². The van der Waals surface area contributed by atoms with Crippen molar-refractivity contribution in [1.82, 2.24) is 0 Å². The molecule has 1 saturated carbocycles. The fourth-order valence-corrected chi connectivity index (χ4v) is 2.14. The zero-order valence-electron chi connectivity index (χ0n) is 7.89. The van der Waals surface area contributed by atoms with Gasteiger partial charge in [0.1, 0.15) is 0 Å². The lowest BCUT2D eigenvalue weighted by atomic mass is 9.93. The molecule has 0 aromatic heterocycles. The Labute approximate surface area is 82.7 Å². The van der Waals surface area contributed by atoms with Crippen molar-refractivity contribution in [2.45, 2.75) is 11.8 Å². The van der Waals surface area contributed by atoms with E-state index in [2.05, 4.69) is 5.18 Å². The molecular weight excluding hydrogens is 178 g/mol. The van der Waals surface area contributed by atoms with Crippen molar-refractivity contribution in [3.05, 3.63) is 40.8 Å². The summed E-state index contributed by atoms with van der Waals surface area (Å²) in [5.41, 5.74) is 0.955. The Morgan fingerprint density at radius 3 is 2.64 bits per heavy atom. The van der Waals surface area contributed by atoms with E-state index >= 15 is 0 Å². The minimum absolute atomic E-state index is 0.143. The van der Waals surface area contributed by atoms with Gasteiger partial charge in [-0.25, -0.2) is 0 Å². The Morgan fingerprint density at radius 1 is 1.43 bits per heavy atom. The third-order valence-corrected chi connectivity index (χ3v) is 3.15. The van der Waals surface area contributed by atoms with Gasteiger partial charge in [0.2, 0.25) is 0 Å². The van der Waals surface area contributed by atoms with Crippen LogP contribution in [0.5, 0.6) is 0 Å². The van der Waals surface area contributed by atoms with Gasteiger partial charge in [-0.1, -0.05) is 35.5 Å². The number of aliphatic hydroxyl groups excluding tert-OH is 1. The van der Waals surface area contributed by atoms with E-state index < -0.39 is 0 Å². The van der Waals surface area contributed by atoms with Crippen molar-refractivity contribution in [3.63, 3.8) is 0 Å². The monoisotopic (exact) mass is 191 g/mol. The Morgan fingerprint density at radius 2 is 2.14 bits per heavy atom. The van der Waals surface area contributed by atoms with Gasteiger partial charge in [-0.3, -0.25) is 0 Å². The number of hydrogen-bond donors (Lipinski definition) is 1. The second-order valence-corrected chi connectivity index (χ2v) is 3.89. The predicted octanol–water partition coefficient (Wildman–Crippen LogP) is 1.70. The molecule has 2 rings (SSSR count). The lowest BCUT2D eigenvalue weighted by molar-refractivity contribution is 0.264. The summed E-state index contributed by atoms with van der Waals surface area (Å²) in [7, 11) is 0. The summed E-state index contributed by atoms with van der Waals surface area (Å²) >= 11 is 0. The number of benzene rings is 1. The highest BCUT2D eigenvalue weighted by Crippen LogP contribution is 2.54. The maximum atomic E-state index is 10.4. The van der Waals surface area contributed by atoms with Gasteiger partial charge in [0, 0.05) is 12.0 Å². The molecule has 1 aliphatic carbocycles. The molecule has 0 heterocycles. The Balaban J connectivity index is 2.26. The molecule has 1 aromatic rings. The first kappa shape index (κ1) is 9.34. The zero-order chi connectivity index (χ0) is 10.0. The summed E-state index contributed by atoms with van der Waals surface area (Å²) in [6, 6.07) is 9.85. The van der Waals surface area contributed by atoms with Crippen LogP contribution in [0.2, 0.25) is 0 Å². The molecule has 3 heteroatoms. The molecule has 1 N–H and O–H groups in total. The number of nitrogens with zero attached hydrogens (tertiary/aromatic N) is 1. The third-order valence-electron chi connectivity index (χ3n) is 3.15. The highest BCUT2D eigenvalue weighted by molar-refractivity contribution is 5.34. The lowest BCUT2D eigenvalue weighted by Crippen LogP contribution is -2.15. The van der Waals surface area contributed by atoms with Gasteiger partial charge in [0.15, 0.2) is 0 Å². The highest BCUT2D eigenvalue weighted by Gasteiger charge is 2.55. The summed E-state index contributed by atoms with van der Waals surface area (Å²) in [4.78, 5) is 10.4. The van der Waals surface area contributed by atoms with E-state index in [0.29, 0.717) is 0 Å². The Bertz CT molecular complexity index is 325. The van der Waals surface area contributed by atoms with E-state index in [1.54, 1.807) is 0 Å². The molecule has 0 bridgehead atoms. The molecule has 0 amide bonds. The van der Waals surface area contributed by atoms with Gasteiger partial charge in [-0.2, -0.15) is 4.91 Å². The van der Waals surface area contributed by atoms with Gasteiger partial charge >= 0.3 is 0 Å². The molecule has 0 saturated heterocycles. The first-order valence-electron chi connectivity index (χ1n) is 4.79. The Kier molecular flexibility index (Phi) is 2.33. The van der Waals surface area contributed by atoms with E-state index in [-0.39, 0.29) is 24.5 Å². The molecule has 0 spiro atoms. The maximum Gasteiger partial charge on any atom is 0.0911 e. The number of rotatable bonds is 4. The second-order valence-electron chi connectivity index (χ2n) is 3.89. The van der Waals surface area contributed by atoms with Gasteiger partial charge < -0.3 is 5.11 Å². The van der Waals surface area contributed by atoms with Crippen molar-refractivity contribution < 1.29 is 5.11 Å². The topological polar surface area (TPSA) is 49.7 Å². The van der Waals surface area contributed by atoms with Crippen molar-refractivity contribution in [1.29, 1.82) is 0 Å². The van der Waals surface area contributed by atoms with Crippen LogP contribution in [-0.2, 0) is 5.41 Å². The van der Waals surface area contributed by atoms with Crippen molar-refractivity contribution in [3.8, 4) is 0 Å². The fourth-order valence-electron chi connectivity index (χ4n) is 2.14. The van der Waals surface area contributed by atoms with Crippen molar-refractivity contribution >= 4 is 0 Å². The van der Waals surface area contributed by atoms with Crippen LogP contribution in [0, 0.1) is 10.8 Å². The lowest BCUT2D eigenvalue weighted by Gasteiger charge is -2.12. The average molecular weight is 191 g/mol. The molecule has 2 atom stereocenters. The average Bonchev–Trinajstić information content (AvgIpc) is 2.95. The van der Waals surface area contributed by atoms with Gasteiger partial charge in [-0.05, 0) is 17.9 Å². The summed E-state index contributed by atoms with van der Waals surface area (Å²) in [6.07, 6.45) is 0.874. The van der Waals surface area contributed by atoms with Crippen molar-refractivity contribution in [2.75, 3.05) is 13.2 Å². The molecule has 0 aliphatic heterocycles. The van der Waals surface area contributed by atoms with E-state index in [1.807, 2.05) is 30.3 Å². The second kappa shape index (κ2) is 3.50. The Hall–Kier alpha value is -1.22. The van der Waals surface area contributed by atoms with Crippen LogP contribution in [0.3, 0.4) is 0 Å². The van der Waals surface area contributed by atoms with E-state index in [9.17, 15) is 4.91 Å². The van der Waals surface area contributed by atoms with Crippen LogP contribution >= 0.6 is 0 Å².